The SMILES string of the molecule is Cn1cccc1NC(=O)c1c2cc(CBr)ccc2nc2ccc(CBr)cc12. The Morgan fingerprint density at radius 3 is 2.07 bits per heavy atom. The summed E-state index contributed by atoms with van der Waals surface area (Å²) in [6, 6.07) is 15.9. The number of fused-ring (bicyclic) bond motifs is 2. The molecule has 27 heavy (non-hydrogen) atoms. The first kappa shape index (κ1) is 18.2. The first-order chi connectivity index (χ1) is 13.1. The van der Waals surface area contributed by atoms with Crippen molar-refractivity contribution in [3.05, 3.63) is 71.4 Å². The molecule has 0 aliphatic heterocycles. The maximum Gasteiger partial charge on any atom is 0.258 e. The van der Waals surface area contributed by atoms with E-state index in [0.717, 1.165) is 49.4 Å². The number of hydrogen-bond acceptors (Lipinski definition) is 2. The van der Waals surface area contributed by atoms with E-state index in [2.05, 4.69) is 37.2 Å². The number of nitrogens with zero attached hydrogens (tertiary/aromatic N) is 2. The van der Waals surface area contributed by atoms with Crippen LogP contribution < -0.4 is 5.32 Å². The number of amides is 1. The summed E-state index contributed by atoms with van der Waals surface area (Å²) in [4.78, 5) is 18.1. The number of aryl methyl sites for hydroxylation is 1. The molecule has 0 aliphatic carbocycles. The summed E-state index contributed by atoms with van der Waals surface area (Å²) < 4.78 is 1.89. The Morgan fingerprint density at radius 1 is 1.00 bits per heavy atom. The summed E-state index contributed by atoms with van der Waals surface area (Å²) in [6.45, 7) is 0. The molecule has 1 amide bonds. The molecule has 0 fully saturated rings. The summed E-state index contributed by atoms with van der Waals surface area (Å²) in [5, 5.41) is 6.20. The van der Waals surface area contributed by atoms with Crippen molar-refractivity contribution >= 4 is 65.4 Å². The van der Waals surface area contributed by atoms with E-state index in [1.807, 2.05) is 66.3 Å². The van der Waals surface area contributed by atoms with Crippen LogP contribution in [0.25, 0.3) is 21.8 Å². The van der Waals surface area contributed by atoms with E-state index in [1.54, 1.807) is 0 Å². The zero-order valence-corrected chi connectivity index (χ0v) is 17.8. The number of carbonyl (C=O) groups is 1. The number of hydrogen-bond donors (Lipinski definition) is 1. The molecular weight excluding hydrogens is 470 g/mol. The number of halogens is 2. The largest absolute Gasteiger partial charge is 0.338 e. The molecule has 2 heterocycles. The minimum Gasteiger partial charge on any atom is -0.338 e. The maximum absolute atomic E-state index is 13.3. The number of pyridine rings is 1. The molecule has 0 saturated carbocycles. The molecule has 0 aliphatic rings. The highest BCUT2D eigenvalue weighted by Gasteiger charge is 2.18. The van der Waals surface area contributed by atoms with E-state index < -0.39 is 0 Å². The van der Waals surface area contributed by atoms with Gasteiger partial charge in [-0.05, 0) is 47.5 Å². The summed E-state index contributed by atoms with van der Waals surface area (Å²) in [5.74, 6) is 0.624. The Hall–Kier alpha value is -2.18. The zero-order valence-electron chi connectivity index (χ0n) is 14.7. The standard InChI is InChI=1S/C21H17Br2N3O/c1-26-8-2-3-19(26)25-21(27)20-15-9-13(11-22)4-6-17(15)24-18-7-5-14(12-23)10-16(18)20/h2-10H,11-12H2,1H3,(H,25,27). The number of benzene rings is 2. The van der Waals surface area contributed by atoms with Crippen molar-refractivity contribution in [3.63, 3.8) is 0 Å². The fraction of sp³-hybridized carbons (Fsp3) is 0.143. The van der Waals surface area contributed by atoms with Crippen LogP contribution in [0.5, 0.6) is 0 Å². The fourth-order valence-corrected chi connectivity index (χ4v) is 3.91. The highest BCUT2D eigenvalue weighted by molar-refractivity contribution is 9.08. The topological polar surface area (TPSA) is 46.9 Å². The van der Waals surface area contributed by atoms with Gasteiger partial charge in [-0.2, -0.15) is 0 Å². The lowest BCUT2D eigenvalue weighted by Gasteiger charge is -2.13. The van der Waals surface area contributed by atoms with Gasteiger partial charge >= 0.3 is 0 Å². The van der Waals surface area contributed by atoms with Gasteiger partial charge in [0.1, 0.15) is 5.82 Å². The van der Waals surface area contributed by atoms with Crippen LogP contribution in [0.15, 0.2) is 54.7 Å². The van der Waals surface area contributed by atoms with Crippen LogP contribution in [0.1, 0.15) is 21.5 Å². The van der Waals surface area contributed by atoms with Crippen molar-refractivity contribution in [1.29, 1.82) is 0 Å². The van der Waals surface area contributed by atoms with E-state index in [9.17, 15) is 4.79 Å². The van der Waals surface area contributed by atoms with Crippen LogP contribution in [0.3, 0.4) is 0 Å². The van der Waals surface area contributed by atoms with Gasteiger partial charge in [-0.25, -0.2) is 4.98 Å². The summed E-state index contributed by atoms with van der Waals surface area (Å²) in [5.41, 5.74) is 4.50. The van der Waals surface area contributed by atoms with E-state index in [4.69, 9.17) is 4.98 Å². The molecule has 0 spiro atoms. The smallest absolute Gasteiger partial charge is 0.258 e. The number of aromatic nitrogens is 2. The zero-order chi connectivity index (χ0) is 19.0. The van der Waals surface area contributed by atoms with Gasteiger partial charge in [-0.3, -0.25) is 4.79 Å². The van der Waals surface area contributed by atoms with Gasteiger partial charge in [0.25, 0.3) is 5.91 Å². The molecule has 0 radical (unpaired) electrons. The molecule has 2 aromatic carbocycles. The second-order valence-corrected chi connectivity index (χ2v) is 7.54. The average molecular weight is 487 g/mol. The Kier molecular flexibility index (Phi) is 5.02. The molecule has 1 N–H and O–H groups in total. The van der Waals surface area contributed by atoms with Crippen LogP contribution in [0.4, 0.5) is 5.82 Å². The van der Waals surface area contributed by atoms with Crippen LogP contribution in [0, 0.1) is 0 Å². The number of rotatable bonds is 4. The monoisotopic (exact) mass is 485 g/mol. The Morgan fingerprint density at radius 2 is 1.59 bits per heavy atom. The molecule has 4 aromatic rings. The second kappa shape index (κ2) is 7.44. The Balaban J connectivity index is 1.99. The number of carbonyl (C=O) groups excluding carboxylic acids is 1. The summed E-state index contributed by atoms with van der Waals surface area (Å²) >= 11 is 7.01. The third kappa shape index (κ3) is 3.39. The first-order valence-electron chi connectivity index (χ1n) is 8.50. The van der Waals surface area contributed by atoms with Gasteiger partial charge in [0.15, 0.2) is 0 Å². The molecule has 6 heteroatoms. The van der Waals surface area contributed by atoms with Gasteiger partial charge in [0.2, 0.25) is 0 Å². The van der Waals surface area contributed by atoms with Crippen molar-refractivity contribution in [2.45, 2.75) is 10.7 Å². The highest BCUT2D eigenvalue weighted by atomic mass is 79.9. The third-order valence-corrected chi connectivity index (χ3v) is 5.92. The molecule has 0 unspecified atom stereocenters. The van der Waals surface area contributed by atoms with E-state index >= 15 is 0 Å². The minimum atomic E-state index is -0.132. The third-order valence-electron chi connectivity index (χ3n) is 4.62. The first-order valence-corrected chi connectivity index (χ1v) is 10.7. The molecular formula is C21H17Br2N3O. The van der Waals surface area contributed by atoms with Gasteiger partial charge < -0.3 is 9.88 Å². The Labute approximate surface area is 173 Å². The normalized spacial score (nSPS) is 11.2. The van der Waals surface area contributed by atoms with Gasteiger partial charge in [0, 0.05) is 34.7 Å². The molecule has 0 bridgehead atoms. The van der Waals surface area contributed by atoms with E-state index in [0.29, 0.717) is 5.56 Å². The van der Waals surface area contributed by atoms with Crippen LogP contribution in [-0.4, -0.2) is 15.5 Å². The van der Waals surface area contributed by atoms with E-state index in [-0.39, 0.29) is 5.91 Å². The quantitative estimate of drug-likeness (QED) is 0.294. The predicted molar refractivity (Wildman–Crippen MR) is 118 cm³/mol. The van der Waals surface area contributed by atoms with Crippen molar-refractivity contribution < 1.29 is 4.79 Å². The predicted octanol–water partition coefficient (Wildman–Crippen LogP) is 5.77. The van der Waals surface area contributed by atoms with Gasteiger partial charge in [-0.15, -0.1) is 0 Å². The summed E-state index contributed by atoms with van der Waals surface area (Å²) in [7, 11) is 1.91. The van der Waals surface area contributed by atoms with Crippen molar-refractivity contribution in [3.8, 4) is 0 Å². The Bertz CT molecular complexity index is 1100. The lowest BCUT2D eigenvalue weighted by atomic mass is 9.99. The van der Waals surface area contributed by atoms with E-state index in [1.165, 1.54) is 0 Å². The van der Waals surface area contributed by atoms with Crippen molar-refractivity contribution in [2.24, 2.45) is 7.05 Å². The molecule has 0 saturated heterocycles. The van der Waals surface area contributed by atoms with Crippen LogP contribution in [-0.2, 0) is 17.7 Å². The fourth-order valence-electron chi connectivity index (χ4n) is 3.22. The number of nitrogens with one attached hydrogen (secondary N) is 1. The second-order valence-electron chi connectivity index (χ2n) is 6.42. The van der Waals surface area contributed by atoms with Crippen LogP contribution in [0.2, 0.25) is 0 Å². The number of alkyl halides is 2. The minimum absolute atomic E-state index is 0.132. The molecule has 4 rings (SSSR count). The molecule has 2 aromatic heterocycles. The maximum atomic E-state index is 13.3. The highest BCUT2D eigenvalue weighted by Crippen LogP contribution is 2.29. The van der Waals surface area contributed by atoms with Crippen molar-refractivity contribution in [2.75, 3.05) is 5.32 Å². The van der Waals surface area contributed by atoms with Crippen molar-refractivity contribution in [1.82, 2.24) is 9.55 Å². The molecule has 0 atom stereocenters. The lowest BCUT2D eigenvalue weighted by molar-refractivity contribution is 0.102. The van der Waals surface area contributed by atoms with Crippen LogP contribution >= 0.6 is 31.9 Å². The number of anilines is 1. The van der Waals surface area contributed by atoms with Gasteiger partial charge in [0.05, 0.1) is 16.6 Å². The summed E-state index contributed by atoms with van der Waals surface area (Å²) in [6.07, 6.45) is 1.91. The lowest BCUT2D eigenvalue weighted by Crippen LogP contribution is -2.15. The molecule has 136 valence electrons. The van der Waals surface area contributed by atoms with Gasteiger partial charge in [-0.1, -0.05) is 44.0 Å². The average Bonchev–Trinajstić information content (AvgIpc) is 3.09. The molecule has 4 nitrogen and oxygen atoms in total.